The van der Waals surface area contributed by atoms with Crippen molar-refractivity contribution in [1.29, 1.82) is 0 Å². The van der Waals surface area contributed by atoms with Crippen LogP contribution in [0.2, 0.25) is 0 Å². The minimum atomic E-state index is 0.0109. The SMILES string of the molecule is Cc1nc2c(c(=O)n1C)CN(Cc1nnc(-c3ccco3)o1)C2. The van der Waals surface area contributed by atoms with Gasteiger partial charge in [-0.25, -0.2) is 4.98 Å². The predicted molar refractivity (Wildman–Crippen MR) is 79.2 cm³/mol. The Morgan fingerprint density at radius 1 is 1.30 bits per heavy atom. The van der Waals surface area contributed by atoms with E-state index in [1.165, 1.54) is 0 Å². The van der Waals surface area contributed by atoms with E-state index in [4.69, 9.17) is 8.83 Å². The van der Waals surface area contributed by atoms with Crippen molar-refractivity contribution < 1.29 is 8.83 Å². The largest absolute Gasteiger partial charge is 0.459 e. The Balaban J connectivity index is 1.53. The molecule has 0 N–H and O–H groups in total. The summed E-state index contributed by atoms with van der Waals surface area (Å²) in [5.41, 5.74) is 1.58. The summed E-state index contributed by atoms with van der Waals surface area (Å²) in [6.45, 7) is 3.43. The second-order valence-corrected chi connectivity index (χ2v) is 5.57. The van der Waals surface area contributed by atoms with E-state index < -0.39 is 0 Å². The molecule has 0 amide bonds. The lowest BCUT2D eigenvalue weighted by Gasteiger charge is -2.10. The molecule has 0 spiro atoms. The van der Waals surface area contributed by atoms with Gasteiger partial charge in [0, 0.05) is 20.1 Å². The Hall–Kier alpha value is -2.74. The molecule has 23 heavy (non-hydrogen) atoms. The zero-order chi connectivity index (χ0) is 16.0. The highest BCUT2D eigenvalue weighted by Gasteiger charge is 2.26. The predicted octanol–water partition coefficient (Wildman–Crippen LogP) is 1.25. The molecule has 4 rings (SSSR count). The van der Waals surface area contributed by atoms with Crippen LogP contribution in [0.5, 0.6) is 0 Å². The lowest BCUT2D eigenvalue weighted by molar-refractivity contribution is 0.244. The van der Waals surface area contributed by atoms with Crippen LogP contribution in [-0.4, -0.2) is 24.6 Å². The average molecular weight is 313 g/mol. The summed E-state index contributed by atoms with van der Waals surface area (Å²) in [4.78, 5) is 18.8. The maximum absolute atomic E-state index is 12.3. The first kappa shape index (κ1) is 13.9. The van der Waals surface area contributed by atoms with Gasteiger partial charge in [0.1, 0.15) is 5.82 Å². The summed E-state index contributed by atoms with van der Waals surface area (Å²) in [7, 11) is 1.74. The Kier molecular flexibility index (Phi) is 3.12. The number of aryl methyl sites for hydroxylation is 1. The topological polar surface area (TPSA) is 90.2 Å². The molecule has 0 bridgehead atoms. The first-order valence-electron chi connectivity index (χ1n) is 7.26. The van der Waals surface area contributed by atoms with Crippen molar-refractivity contribution in [1.82, 2.24) is 24.6 Å². The van der Waals surface area contributed by atoms with Crippen molar-refractivity contribution in [3.8, 4) is 11.7 Å². The van der Waals surface area contributed by atoms with E-state index >= 15 is 0 Å². The molecule has 0 radical (unpaired) electrons. The van der Waals surface area contributed by atoms with Crippen LogP contribution < -0.4 is 5.56 Å². The van der Waals surface area contributed by atoms with Gasteiger partial charge in [-0.3, -0.25) is 14.3 Å². The highest BCUT2D eigenvalue weighted by atomic mass is 16.4. The summed E-state index contributed by atoms with van der Waals surface area (Å²) in [6, 6.07) is 3.53. The van der Waals surface area contributed by atoms with Crippen molar-refractivity contribution in [2.24, 2.45) is 7.05 Å². The third-order valence-electron chi connectivity index (χ3n) is 4.01. The maximum Gasteiger partial charge on any atom is 0.283 e. The number of hydrogen-bond acceptors (Lipinski definition) is 7. The molecule has 1 aliphatic heterocycles. The van der Waals surface area contributed by atoms with E-state index in [0.717, 1.165) is 11.3 Å². The van der Waals surface area contributed by atoms with Gasteiger partial charge in [0.15, 0.2) is 5.76 Å². The number of aromatic nitrogens is 4. The molecule has 0 aliphatic carbocycles. The van der Waals surface area contributed by atoms with Gasteiger partial charge in [0.05, 0.1) is 24.1 Å². The molecule has 0 saturated heterocycles. The molecule has 118 valence electrons. The van der Waals surface area contributed by atoms with Crippen molar-refractivity contribution >= 4 is 0 Å². The third-order valence-corrected chi connectivity index (χ3v) is 4.01. The number of rotatable bonds is 3. The van der Waals surface area contributed by atoms with Gasteiger partial charge in [0.2, 0.25) is 5.89 Å². The van der Waals surface area contributed by atoms with Crippen LogP contribution in [0, 0.1) is 6.92 Å². The maximum atomic E-state index is 12.3. The molecular weight excluding hydrogens is 298 g/mol. The molecule has 3 aromatic rings. The van der Waals surface area contributed by atoms with E-state index in [0.29, 0.717) is 43.0 Å². The summed E-state index contributed by atoms with van der Waals surface area (Å²) < 4.78 is 12.4. The second kappa shape index (κ2) is 5.17. The van der Waals surface area contributed by atoms with Gasteiger partial charge in [0.25, 0.3) is 11.4 Å². The lowest BCUT2D eigenvalue weighted by atomic mass is 10.2. The van der Waals surface area contributed by atoms with Crippen LogP contribution in [0.4, 0.5) is 0 Å². The normalized spacial score (nSPS) is 14.3. The zero-order valence-electron chi connectivity index (χ0n) is 12.8. The fourth-order valence-electron chi connectivity index (χ4n) is 2.71. The van der Waals surface area contributed by atoms with E-state index in [9.17, 15) is 4.79 Å². The van der Waals surface area contributed by atoms with Crippen molar-refractivity contribution in [2.75, 3.05) is 0 Å². The fraction of sp³-hybridized carbons (Fsp3) is 0.333. The first-order valence-corrected chi connectivity index (χ1v) is 7.26. The molecular formula is C15H15N5O3. The van der Waals surface area contributed by atoms with E-state index in [2.05, 4.69) is 20.1 Å². The van der Waals surface area contributed by atoms with Crippen LogP contribution in [0.15, 0.2) is 32.0 Å². The molecule has 8 nitrogen and oxygen atoms in total. The van der Waals surface area contributed by atoms with Gasteiger partial charge < -0.3 is 8.83 Å². The smallest absolute Gasteiger partial charge is 0.283 e. The molecule has 1 aliphatic rings. The number of hydrogen-bond donors (Lipinski definition) is 0. The minimum absolute atomic E-state index is 0.0109. The van der Waals surface area contributed by atoms with Gasteiger partial charge >= 0.3 is 0 Å². The Morgan fingerprint density at radius 3 is 2.96 bits per heavy atom. The number of furan rings is 1. The highest BCUT2D eigenvalue weighted by molar-refractivity contribution is 5.42. The summed E-state index contributed by atoms with van der Waals surface area (Å²) in [5, 5.41) is 8.01. The molecule has 0 atom stereocenters. The summed E-state index contributed by atoms with van der Waals surface area (Å²) >= 11 is 0. The van der Waals surface area contributed by atoms with Gasteiger partial charge in [-0.1, -0.05) is 0 Å². The van der Waals surface area contributed by atoms with Gasteiger partial charge in [-0.05, 0) is 19.1 Å². The molecule has 8 heteroatoms. The van der Waals surface area contributed by atoms with E-state index in [1.54, 1.807) is 30.0 Å². The second-order valence-electron chi connectivity index (χ2n) is 5.57. The first-order chi connectivity index (χ1) is 11.1. The van der Waals surface area contributed by atoms with Crippen LogP contribution in [0.1, 0.15) is 23.0 Å². The standard InChI is InChI=1S/C15H15N5O3/c1-9-16-11-7-20(6-10(11)15(21)19(9)2)8-13-17-18-14(23-13)12-4-3-5-22-12/h3-5H,6-8H2,1-2H3. The summed E-state index contributed by atoms with van der Waals surface area (Å²) in [5.74, 6) is 2.09. The number of nitrogens with zero attached hydrogens (tertiary/aromatic N) is 5. The lowest BCUT2D eigenvalue weighted by Crippen LogP contribution is -2.25. The van der Waals surface area contributed by atoms with Gasteiger partial charge in [-0.2, -0.15) is 0 Å². The quantitative estimate of drug-likeness (QED) is 0.718. The molecule has 3 aromatic heterocycles. The van der Waals surface area contributed by atoms with Crippen molar-refractivity contribution in [3.05, 3.63) is 51.7 Å². The van der Waals surface area contributed by atoms with E-state index in [-0.39, 0.29) is 5.56 Å². The van der Waals surface area contributed by atoms with Crippen LogP contribution in [-0.2, 0) is 26.7 Å². The Bertz CT molecular complexity index is 910. The molecule has 0 unspecified atom stereocenters. The van der Waals surface area contributed by atoms with Gasteiger partial charge in [-0.15, -0.1) is 10.2 Å². The van der Waals surface area contributed by atoms with Crippen LogP contribution in [0.25, 0.3) is 11.7 Å². The fourth-order valence-corrected chi connectivity index (χ4v) is 2.71. The monoisotopic (exact) mass is 313 g/mol. The summed E-state index contributed by atoms with van der Waals surface area (Å²) in [6.07, 6.45) is 1.56. The third kappa shape index (κ3) is 2.36. The average Bonchev–Trinajstić information content (AvgIpc) is 3.24. The van der Waals surface area contributed by atoms with Crippen LogP contribution >= 0.6 is 0 Å². The molecule has 0 fully saturated rings. The molecule has 0 saturated carbocycles. The highest BCUT2D eigenvalue weighted by Crippen LogP contribution is 2.22. The molecule has 4 heterocycles. The number of fused-ring (bicyclic) bond motifs is 1. The zero-order valence-corrected chi connectivity index (χ0v) is 12.8. The Labute approximate surface area is 131 Å². The van der Waals surface area contributed by atoms with E-state index in [1.807, 2.05) is 6.92 Å². The van der Waals surface area contributed by atoms with Crippen LogP contribution in [0.3, 0.4) is 0 Å². The van der Waals surface area contributed by atoms with Crippen molar-refractivity contribution in [3.63, 3.8) is 0 Å². The van der Waals surface area contributed by atoms with Crippen molar-refractivity contribution in [2.45, 2.75) is 26.6 Å². The minimum Gasteiger partial charge on any atom is -0.459 e. The Morgan fingerprint density at radius 2 is 2.17 bits per heavy atom. The molecule has 0 aromatic carbocycles.